The number of carbonyl (C=O) groups excluding carboxylic acids is 1. The average molecular weight is 439 g/mol. The molecule has 3 aromatic rings. The molecule has 0 bridgehead atoms. The SMILES string of the molecule is CC(C)n1nc(C(=O)NCC(c2cccc(Cl)c2)N2CCCC2)c2ccccc2c1=O. The van der Waals surface area contributed by atoms with Gasteiger partial charge in [0.1, 0.15) is 0 Å². The van der Waals surface area contributed by atoms with Gasteiger partial charge in [-0.25, -0.2) is 4.68 Å². The molecule has 4 rings (SSSR count). The van der Waals surface area contributed by atoms with Gasteiger partial charge in [-0.3, -0.25) is 14.5 Å². The van der Waals surface area contributed by atoms with Crippen LogP contribution in [0.5, 0.6) is 0 Å². The zero-order chi connectivity index (χ0) is 22.0. The molecule has 2 aromatic carbocycles. The Bertz CT molecular complexity index is 1150. The van der Waals surface area contributed by atoms with E-state index < -0.39 is 0 Å². The van der Waals surface area contributed by atoms with Gasteiger partial charge in [-0.2, -0.15) is 5.10 Å². The molecule has 1 N–H and O–H groups in total. The van der Waals surface area contributed by atoms with Gasteiger partial charge in [0.2, 0.25) is 0 Å². The van der Waals surface area contributed by atoms with E-state index in [0.29, 0.717) is 22.3 Å². The maximum Gasteiger partial charge on any atom is 0.274 e. The summed E-state index contributed by atoms with van der Waals surface area (Å²) in [6.45, 7) is 6.19. The van der Waals surface area contributed by atoms with E-state index in [-0.39, 0.29) is 29.2 Å². The van der Waals surface area contributed by atoms with E-state index in [0.717, 1.165) is 31.5 Å². The van der Waals surface area contributed by atoms with Crippen LogP contribution < -0.4 is 10.9 Å². The minimum Gasteiger partial charge on any atom is -0.349 e. The highest BCUT2D eigenvalue weighted by molar-refractivity contribution is 6.30. The van der Waals surface area contributed by atoms with E-state index in [1.165, 1.54) is 4.68 Å². The lowest BCUT2D eigenvalue weighted by Gasteiger charge is -2.28. The third-order valence-electron chi connectivity index (χ3n) is 5.80. The number of nitrogens with one attached hydrogen (secondary N) is 1. The second kappa shape index (κ2) is 9.20. The van der Waals surface area contributed by atoms with E-state index >= 15 is 0 Å². The maximum atomic E-state index is 13.2. The first-order valence-corrected chi connectivity index (χ1v) is 11.1. The standard InChI is InChI=1S/C24H27ClN4O2/c1-16(2)29-24(31)20-11-4-3-10-19(20)22(27-29)23(30)26-15-21(28-12-5-6-13-28)17-8-7-9-18(25)14-17/h3-4,7-11,14,16,21H,5-6,12-13,15H2,1-2H3,(H,26,30). The molecule has 1 aliphatic rings. The first kappa shape index (κ1) is 21.5. The number of rotatable bonds is 6. The predicted octanol–water partition coefficient (Wildman–Crippen LogP) is 4.20. The van der Waals surface area contributed by atoms with Gasteiger partial charge >= 0.3 is 0 Å². The molecule has 0 aliphatic carbocycles. The summed E-state index contributed by atoms with van der Waals surface area (Å²) in [4.78, 5) is 28.4. The molecule has 1 aromatic heterocycles. The highest BCUT2D eigenvalue weighted by atomic mass is 35.5. The number of aromatic nitrogens is 2. The van der Waals surface area contributed by atoms with Crippen molar-refractivity contribution in [1.29, 1.82) is 0 Å². The van der Waals surface area contributed by atoms with Gasteiger partial charge in [0, 0.05) is 17.0 Å². The summed E-state index contributed by atoms with van der Waals surface area (Å²) >= 11 is 6.23. The largest absolute Gasteiger partial charge is 0.349 e. The molecule has 2 heterocycles. The number of benzene rings is 2. The number of carbonyl (C=O) groups is 1. The smallest absolute Gasteiger partial charge is 0.274 e. The first-order chi connectivity index (χ1) is 15.0. The van der Waals surface area contributed by atoms with Gasteiger partial charge in [-0.05, 0) is 63.5 Å². The summed E-state index contributed by atoms with van der Waals surface area (Å²) < 4.78 is 1.38. The molecule has 0 radical (unpaired) electrons. The fraction of sp³-hybridized carbons (Fsp3) is 0.375. The molecule has 7 heteroatoms. The summed E-state index contributed by atoms with van der Waals surface area (Å²) in [5, 5.41) is 9.25. The molecule has 0 spiro atoms. The van der Waals surface area contributed by atoms with Crippen LogP contribution in [-0.4, -0.2) is 40.2 Å². The Morgan fingerprint density at radius 2 is 1.81 bits per heavy atom. The third kappa shape index (κ3) is 4.50. The van der Waals surface area contributed by atoms with E-state index in [4.69, 9.17) is 11.6 Å². The molecule has 1 saturated heterocycles. The van der Waals surface area contributed by atoms with Crippen LogP contribution in [-0.2, 0) is 0 Å². The molecule has 1 aliphatic heterocycles. The van der Waals surface area contributed by atoms with Crippen molar-refractivity contribution in [1.82, 2.24) is 20.0 Å². The van der Waals surface area contributed by atoms with E-state index in [1.807, 2.05) is 44.2 Å². The minimum absolute atomic E-state index is 0.0346. The van der Waals surface area contributed by atoms with Gasteiger partial charge in [0.25, 0.3) is 11.5 Å². The van der Waals surface area contributed by atoms with Crippen LogP contribution in [0.4, 0.5) is 0 Å². The number of likely N-dealkylation sites (tertiary alicyclic amines) is 1. The van der Waals surface area contributed by atoms with Gasteiger partial charge in [0.15, 0.2) is 5.69 Å². The van der Waals surface area contributed by atoms with Crippen LogP contribution in [0, 0.1) is 0 Å². The highest BCUT2D eigenvalue weighted by Crippen LogP contribution is 2.26. The Morgan fingerprint density at radius 3 is 2.48 bits per heavy atom. The average Bonchev–Trinajstić information content (AvgIpc) is 3.28. The van der Waals surface area contributed by atoms with Crippen molar-refractivity contribution in [3.63, 3.8) is 0 Å². The number of hydrogen-bond donors (Lipinski definition) is 1. The van der Waals surface area contributed by atoms with Crippen LogP contribution in [0.1, 0.15) is 54.8 Å². The molecule has 1 atom stereocenters. The lowest BCUT2D eigenvalue weighted by molar-refractivity contribution is 0.0932. The molecule has 6 nitrogen and oxygen atoms in total. The Labute approximate surface area is 186 Å². The van der Waals surface area contributed by atoms with Crippen LogP contribution in [0.15, 0.2) is 53.3 Å². The molecule has 0 saturated carbocycles. The van der Waals surface area contributed by atoms with E-state index in [2.05, 4.69) is 15.3 Å². The number of amides is 1. The number of halogens is 1. The summed E-state index contributed by atoms with van der Waals surface area (Å²) in [6, 6.07) is 14.8. The van der Waals surface area contributed by atoms with Crippen molar-refractivity contribution >= 4 is 28.3 Å². The summed E-state index contributed by atoms with van der Waals surface area (Å²) in [5.74, 6) is -0.281. The van der Waals surface area contributed by atoms with Crippen molar-refractivity contribution < 1.29 is 4.79 Å². The maximum absolute atomic E-state index is 13.2. The van der Waals surface area contributed by atoms with Gasteiger partial charge in [-0.15, -0.1) is 0 Å². The van der Waals surface area contributed by atoms with Crippen molar-refractivity contribution in [2.24, 2.45) is 0 Å². The first-order valence-electron chi connectivity index (χ1n) is 10.7. The Morgan fingerprint density at radius 1 is 1.10 bits per heavy atom. The van der Waals surface area contributed by atoms with Crippen LogP contribution in [0.25, 0.3) is 10.8 Å². The molecule has 31 heavy (non-hydrogen) atoms. The monoisotopic (exact) mass is 438 g/mol. The molecular weight excluding hydrogens is 412 g/mol. The van der Waals surface area contributed by atoms with Crippen molar-refractivity contribution in [3.05, 3.63) is 75.2 Å². The number of nitrogens with zero attached hydrogens (tertiary/aromatic N) is 3. The molecule has 1 fully saturated rings. The Kier molecular flexibility index (Phi) is 6.39. The lowest BCUT2D eigenvalue weighted by atomic mass is 10.1. The lowest BCUT2D eigenvalue weighted by Crippen LogP contribution is -2.38. The quantitative estimate of drug-likeness (QED) is 0.626. The number of hydrogen-bond acceptors (Lipinski definition) is 4. The third-order valence-corrected chi connectivity index (χ3v) is 6.04. The fourth-order valence-electron chi connectivity index (χ4n) is 4.22. The Balaban J connectivity index is 1.65. The highest BCUT2D eigenvalue weighted by Gasteiger charge is 2.25. The molecular formula is C24H27ClN4O2. The van der Waals surface area contributed by atoms with E-state index in [1.54, 1.807) is 18.2 Å². The second-order valence-electron chi connectivity index (χ2n) is 8.26. The summed E-state index contributed by atoms with van der Waals surface area (Å²) in [6.07, 6.45) is 2.30. The van der Waals surface area contributed by atoms with Crippen LogP contribution in [0.2, 0.25) is 5.02 Å². The summed E-state index contributed by atoms with van der Waals surface area (Å²) in [5.41, 5.74) is 1.17. The Hall–Kier alpha value is -2.70. The molecule has 162 valence electrons. The second-order valence-corrected chi connectivity index (χ2v) is 8.70. The minimum atomic E-state index is -0.281. The van der Waals surface area contributed by atoms with Gasteiger partial charge in [-0.1, -0.05) is 41.9 Å². The zero-order valence-electron chi connectivity index (χ0n) is 17.8. The molecule has 1 amide bonds. The normalized spacial score (nSPS) is 15.5. The summed E-state index contributed by atoms with van der Waals surface area (Å²) in [7, 11) is 0. The van der Waals surface area contributed by atoms with Gasteiger partial charge in [0.05, 0.1) is 17.5 Å². The fourth-order valence-corrected chi connectivity index (χ4v) is 4.42. The van der Waals surface area contributed by atoms with Crippen LogP contribution >= 0.6 is 11.6 Å². The predicted molar refractivity (Wildman–Crippen MR) is 124 cm³/mol. The van der Waals surface area contributed by atoms with Crippen molar-refractivity contribution in [2.45, 2.75) is 38.8 Å². The zero-order valence-corrected chi connectivity index (χ0v) is 18.6. The van der Waals surface area contributed by atoms with Gasteiger partial charge < -0.3 is 5.32 Å². The van der Waals surface area contributed by atoms with Crippen molar-refractivity contribution in [3.8, 4) is 0 Å². The topological polar surface area (TPSA) is 67.2 Å². The van der Waals surface area contributed by atoms with E-state index in [9.17, 15) is 9.59 Å². The number of fused-ring (bicyclic) bond motifs is 1. The van der Waals surface area contributed by atoms with Crippen molar-refractivity contribution in [2.75, 3.05) is 19.6 Å². The van der Waals surface area contributed by atoms with Crippen LogP contribution in [0.3, 0.4) is 0 Å². The molecule has 1 unspecified atom stereocenters.